The van der Waals surface area contributed by atoms with Crippen molar-refractivity contribution in [3.63, 3.8) is 0 Å². The lowest BCUT2D eigenvalue weighted by Gasteiger charge is -2.26. The van der Waals surface area contributed by atoms with Crippen molar-refractivity contribution < 1.29 is 26.6 Å². The number of hydrogen-bond acceptors (Lipinski definition) is 7. The molecule has 1 atom stereocenters. The molecular weight excluding hydrogens is 310 g/mol. The minimum atomic E-state index is -2.52. The van der Waals surface area contributed by atoms with E-state index in [2.05, 4.69) is 0 Å². The molecule has 0 spiro atoms. The first kappa shape index (κ1) is 21.2. The summed E-state index contributed by atoms with van der Waals surface area (Å²) in [7, 11) is 4.69. The summed E-state index contributed by atoms with van der Waals surface area (Å²) in [5.74, 6) is 0. The van der Waals surface area contributed by atoms with Gasteiger partial charge in [0.25, 0.3) is 0 Å². The zero-order valence-electron chi connectivity index (χ0n) is 14.1. The fraction of sp³-hybridized carbons (Fsp3) is 1.00. The lowest BCUT2D eigenvalue weighted by atomic mass is 10.1. The van der Waals surface area contributed by atoms with Crippen molar-refractivity contribution >= 4 is 17.6 Å². The van der Waals surface area contributed by atoms with E-state index in [0.717, 1.165) is 25.3 Å². The zero-order valence-corrected chi connectivity index (χ0v) is 16.1. The van der Waals surface area contributed by atoms with Gasteiger partial charge in [-0.2, -0.15) is 0 Å². The molecule has 0 rings (SSSR count). The van der Waals surface area contributed by atoms with Crippen LogP contribution in [0, 0.1) is 0 Å². The molecule has 2 N–H and O–H groups in total. The Labute approximate surface area is 130 Å². The molecule has 0 fully saturated rings. The summed E-state index contributed by atoms with van der Waals surface area (Å²) < 4.78 is 32.3. The quantitative estimate of drug-likeness (QED) is 0.505. The van der Waals surface area contributed by atoms with Crippen molar-refractivity contribution in [1.82, 2.24) is 0 Å². The highest BCUT2D eigenvalue weighted by Gasteiger charge is 2.39. The van der Waals surface area contributed by atoms with Crippen LogP contribution in [-0.4, -0.2) is 66.3 Å². The number of rotatable bonds is 13. The summed E-state index contributed by atoms with van der Waals surface area (Å²) >= 11 is 0. The zero-order chi connectivity index (χ0) is 16.4. The van der Waals surface area contributed by atoms with Crippen molar-refractivity contribution in [2.24, 2.45) is 5.73 Å². The molecule has 0 heterocycles. The Bertz CT molecular complexity index is 248. The molecule has 1 unspecified atom stereocenters. The van der Waals surface area contributed by atoms with Crippen LogP contribution in [0.15, 0.2) is 0 Å². The molecule has 0 aromatic rings. The Kier molecular flexibility index (Phi) is 10.9. The van der Waals surface area contributed by atoms with Crippen LogP contribution in [0.5, 0.6) is 0 Å². The molecule has 0 aromatic carbocycles. The van der Waals surface area contributed by atoms with Crippen LogP contribution in [0.1, 0.15) is 19.3 Å². The average molecular weight is 342 g/mol. The summed E-state index contributed by atoms with van der Waals surface area (Å²) in [6.07, 6.45) is 2.56. The Morgan fingerprint density at radius 1 is 0.667 bits per heavy atom. The van der Waals surface area contributed by atoms with Gasteiger partial charge >= 0.3 is 17.6 Å². The van der Waals surface area contributed by atoms with E-state index in [-0.39, 0.29) is 6.04 Å². The normalized spacial score (nSPS) is 14.4. The highest BCUT2D eigenvalue weighted by Crippen LogP contribution is 2.20. The predicted molar refractivity (Wildman–Crippen MR) is 85.0 cm³/mol. The SMILES string of the molecule is CO[Si](CCCC(N)CC[Si](OC)(OC)OC)(OC)OC. The minimum absolute atomic E-state index is 0.0644. The molecule has 9 heteroatoms. The summed E-state index contributed by atoms with van der Waals surface area (Å²) in [6, 6.07) is 1.53. The van der Waals surface area contributed by atoms with Gasteiger partial charge in [0, 0.05) is 60.8 Å². The fourth-order valence-electron chi connectivity index (χ4n) is 2.20. The molecule has 0 aliphatic carbocycles. The lowest BCUT2D eigenvalue weighted by Crippen LogP contribution is -2.44. The fourth-order valence-corrected chi connectivity index (χ4v) is 5.79. The molecule has 7 nitrogen and oxygen atoms in total. The van der Waals surface area contributed by atoms with Crippen molar-refractivity contribution in [3.05, 3.63) is 0 Å². The van der Waals surface area contributed by atoms with E-state index < -0.39 is 17.6 Å². The molecule has 0 aliphatic rings. The maximum atomic E-state index is 6.15. The summed E-state index contributed by atoms with van der Waals surface area (Å²) in [4.78, 5) is 0. The Morgan fingerprint density at radius 2 is 1.05 bits per heavy atom. The summed E-state index contributed by atoms with van der Waals surface area (Å²) in [5, 5.41) is 0. The van der Waals surface area contributed by atoms with E-state index in [4.69, 9.17) is 32.3 Å². The van der Waals surface area contributed by atoms with Gasteiger partial charge in [0.1, 0.15) is 0 Å². The molecule has 0 amide bonds. The van der Waals surface area contributed by atoms with Crippen LogP contribution in [0.2, 0.25) is 12.1 Å². The molecule has 0 bridgehead atoms. The van der Waals surface area contributed by atoms with Gasteiger partial charge in [-0.05, 0) is 19.3 Å². The van der Waals surface area contributed by atoms with Crippen molar-refractivity contribution in [3.8, 4) is 0 Å². The predicted octanol–water partition coefficient (Wildman–Crippen LogP) is 1.24. The van der Waals surface area contributed by atoms with Crippen LogP contribution in [-0.2, 0) is 26.6 Å². The molecule has 0 radical (unpaired) electrons. The third kappa shape index (κ3) is 6.84. The molecule has 0 aromatic heterocycles. The van der Waals surface area contributed by atoms with Gasteiger partial charge in [0.2, 0.25) is 0 Å². The van der Waals surface area contributed by atoms with E-state index in [1.54, 1.807) is 42.7 Å². The van der Waals surface area contributed by atoms with Crippen LogP contribution >= 0.6 is 0 Å². The topological polar surface area (TPSA) is 81.4 Å². The smallest absolute Gasteiger partial charge is 0.377 e. The lowest BCUT2D eigenvalue weighted by molar-refractivity contribution is 0.120. The first-order valence-corrected chi connectivity index (χ1v) is 10.9. The second-order valence-corrected chi connectivity index (χ2v) is 11.0. The van der Waals surface area contributed by atoms with Crippen molar-refractivity contribution in [1.29, 1.82) is 0 Å². The molecule has 0 aliphatic heterocycles. The van der Waals surface area contributed by atoms with E-state index in [9.17, 15) is 0 Å². The van der Waals surface area contributed by atoms with E-state index in [1.165, 1.54) is 0 Å². The average Bonchev–Trinajstić information content (AvgIpc) is 2.54. The van der Waals surface area contributed by atoms with Gasteiger partial charge < -0.3 is 32.3 Å². The summed E-state index contributed by atoms with van der Waals surface area (Å²) in [6.45, 7) is 0. The summed E-state index contributed by atoms with van der Waals surface area (Å²) in [5.41, 5.74) is 6.15. The Balaban J connectivity index is 4.13. The minimum Gasteiger partial charge on any atom is -0.377 e. The van der Waals surface area contributed by atoms with Crippen LogP contribution < -0.4 is 5.73 Å². The van der Waals surface area contributed by atoms with E-state index in [1.807, 2.05) is 0 Å². The maximum Gasteiger partial charge on any atom is 0.500 e. The Morgan fingerprint density at radius 3 is 1.43 bits per heavy atom. The number of nitrogens with two attached hydrogens (primary N) is 1. The van der Waals surface area contributed by atoms with Gasteiger partial charge in [-0.1, -0.05) is 0 Å². The monoisotopic (exact) mass is 341 g/mol. The second-order valence-electron chi connectivity index (χ2n) is 4.78. The largest absolute Gasteiger partial charge is 0.500 e. The van der Waals surface area contributed by atoms with Crippen molar-refractivity contribution in [2.45, 2.75) is 37.4 Å². The molecule has 0 saturated carbocycles. The van der Waals surface area contributed by atoms with E-state index >= 15 is 0 Å². The van der Waals surface area contributed by atoms with Crippen molar-refractivity contribution in [2.75, 3.05) is 42.7 Å². The van der Waals surface area contributed by atoms with Gasteiger partial charge in [0.15, 0.2) is 0 Å². The van der Waals surface area contributed by atoms with Crippen LogP contribution in [0.3, 0.4) is 0 Å². The van der Waals surface area contributed by atoms with Gasteiger partial charge in [0.05, 0.1) is 0 Å². The van der Waals surface area contributed by atoms with Gasteiger partial charge in [-0.15, -0.1) is 0 Å². The third-order valence-corrected chi connectivity index (χ3v) is 9.34. The van der Waals surface area contributed by atoms with Gasteiger partial charge in [-0.3, -0.25) is 0 Å². The molecule has 0 saturated heterocycles. The van der Waals surface area contributed by atoms with E-state index in [0.29, 0.717) is 6.04 Å². The number of hydrogen-bond donors (Lipinski definition) is 1. The second kappa shape index (κ2) is 10.8. The first-order chi connectivity index (χ1) is 9.96. The highest BCUT2D eigenvalue weighted by molar-refractivity contribution is 6.60. The highest BCUT2D eigenvalue weighted by atomic mass is 28.4. The van der Waals surface area contributed by atoms with Crippen LogP contribution in [0.4, 0.5) is 0 Å². The first-order valence-electron chi connectivity index (χ1n) is 7.03. The maximum absolute atomic E-state index is 6.15. The molecular formula is C12H31NO6Si2. The van der Waals surface area contributed by atoms with Gasteiger partial charge in [-0.25, -0.2) is 0 Å². The Hall–Kier alpha value is 0.154. The molecule has 21 heavy (non-hydrogen) atoms. The standard InChI is InChI=1S/C12H31NO6Si2/c1-14-20(15-2,16-3)10-7-8-12(13)9-11-21(17-4,18-5)19-6/h12H,7-11,13H2,1-6H3. The third-order valence-electron chi connectivity index (χ3n) is 3.75. The molecule has 128 valence electrons. The van der Waals surface area contributed by atoms with Crippen LogP contribution in [0.25, 0.3) is 0 Å².